The molecule has 2 rings (SSSR count). The van der Waals surface area contributed by atoms with Crippen molar-refractivity contribution in [3.8, 4) is 0 Å². The van der Waals surface area contributed by atoms with Crippen molar-refractivity contribution in [3.05, 3.63) is 3.92 Å². The Hall–Kier alpha value is -1.02. The molecule has 1 fully saturated rings. The lowest BCUT2D eigenvalue weighted by Crippen LogP contribution is -2.32. The van der Waals surface area contributed by atoms with Crippen molar-refractivity contribution in [1.82, 2.24) is 10.2 Å². The number of esters is 1. The van der Waals surface area contributed by atoms with Crippen LogP contribution in [0, 0.1) is 5.41 Å². The summed E-state index contributed by atoms with van der Waals surface area (Å²) in [5.74, 6) is -0.864. The molecule has 1 saturated carbocycles. The first kappa shape index (κ1) is 11.5. The molecule has 0 saturated heterocycles. The highest BCUT2D eigenvalue weighted by Gasteiger charge is 2.58. The fraction of sp³-hybridized carbons (Fsp3) is 0.500. The first-order valence-corrected chi connectivity index (χ1v) is 6.08. The summed E-state index contributed by atoms with van der Waals surface area (Å²) in [4.78, 5) is 23.2. The Morgan fingerprint density at radius 1 is 1.50 bits per heavy atom. The highest BCUT2D eigenvalue weighted by molar-refractivity contribution is 9.11. The molecule has 0 bridgehead atoms. The van der Waals surface area contributed by atoms with Gasteiger partial charge in [-0.05, 0) is 28.8 Å². The molecular formula is C8H8BrN3O3S. The van der Waals surface area contributed by atoms with Gasteiger partial charge in [-0.2, -0.15) is 0 Å². The van der Waals surface area contributed by atoms with Gasteiger partial charge in [-0.3, -0.25) is 14.9 Å². The van der Waals surface area contributed by atoms with Crippen LogP contribution in [-0.4, -0.2) is 29.2 Å². The number of hydrogen-bond acceptors (Lipinski definition) is 6. The Balaban J connectivity index is 2.06. The van der Waals surface area contributed by atoms with Crippen LogP contribution in [-0.2, 0) is 14.3 Å². The summed E-state index contributed by atoms with van der Waals surface area (Å²) >= 11 is 4.32. The molecule has 0 spiro atoms. The second-order valence-corrected chi connectivity index (χ2v) is 5.64. The highest BCUT2D eigenvalue weighted by Crippen LogP contribution is 2.47. The Bertz CT molecular complexity index is 443. The molecule has 0 aliphatic heterocycles. The number of anilines is 1. The summed E-state index contributed by atoms with van der Waals surface area (Å²) in [6.07, 6.45) is 1.04. The topological polar surface area (TPSA) is 81.2 Å². The Morgan fingerprint density at radius 3 is 2.62 bits per heavy atom. The summed E-state index contributed by atoms with van der Waals surface area (Å²) in [6, 6.07) is 0. The average molecular weight is 306 g/mol. The maximum Gasteiger partial charge on any atom is 0.321 e. The van der Waals surface area contributed by atoms with Gasteiger partial charge in [0.15, 0.2) is 3.92 Å². The van der Waals surface area contributed by atoms with Crippen molar-refractivity contribution in [2.24, 2.45) is 5.41 Å². The second-order valence-electron chi connectivity index (χ2n) is 3.39. The molecule has 1 aliphatic carbocycles. The van der Waals surface area contributed by atoms with Crippen molar-refractivity contribution in [1.29, 1.82) is 0 Å². The number of amides is 1. The normalized spacial score (nSPS) is 16.6. The largest absolute Gasteiger partial charge is 0.468 e. The van der Waals surface area contributed by atoms with E-state index in [9.17, 15) is 9.59 Å². The van der Waals surface area contributed by atoms with E-state index in [4.69, 9.17) is 0 Å². The van der Waals surface area contributed by atoms with Crippen molar-refractivity contribution >= 4 is 44.3 Å². The van der Waals surface area contributed by atoms with Crippen LogP contribution in [0.25, 0.3) is 0 Å². The molecule has 6 nitrogen and oxygen atoms in total. The van der Waals surface area contributed by atoms with Gasteiger partial charge < -0.3 is 4.74 Å². The van der Waals surface area contributed by atoms with E-state index in [0.29, 0.717) is 21.9 Å². The molecule has 1 amide bonds. The number of aromatic nitrogens is 2. The van der Waals surface area contributed by atoms with Crippen LogP contribution in [0.2, 0.25) is 0 Å². The average Bonchev–Trinajstić information content (AvgIpc) is 2.98. The van der Waals surface area contributed by atoms with E-state index >= 15 is 0 Å². The van der Waals surface area contributed by atoms with E-state index in [1.807, 2.05) is 0 Å². The van der Waals surface area contributed by atoms with Crippen molar-refractivity contribution in [2.75, 3.05) is 12.4 Å². The summed E-state index contributed by atoms with van der Waals surface area (Å²) < 4.78 is 5.17. The van der Waals surface area contributed by atoms with E-state index in [2.05, 4.69) is 36.2 Å². The number of methoxy groups -OCH3 is 1. The van der Waals surface area contributed by atoms with Crippen LogP contribution in [0.5, 0.6) is 0 Å². The number of hydrogen-bond donors (Lipinski definition) is 1. The minimum absolute atomic E-state index is 0.368. The molecule has 0 unspecified atom stereocenters. The number of nitrogens with zero attached hydrogens (tertiary/aromatic N) is 2. The molecule has 1 aromatic rings. The molecule has 1 N–H and O–H groups in total. The number of rotatable bonds is 3. The van der Waals surface area contributed by atoms with E-state index in [1.54, 1.807) is 0 Å². The molecule has 1 aromatic heterocycles. The van der Waals surface area contributed by atoms with Gasteiger partial charge in [-0.15, -0.1) is 10.2 Å². The third-order valence-electron chi connectivity index (χ3n) is 2.38. The molecule has 8 heteroatoms. The maximum atomic E-state index is 11.8. The summed E-state index contributed by atoms with van der Waals surface area (Å²) in [5, 5.41) is 10.3. The molecule has 0 radical (unpaired) electrons. The van der Waals surface area contributed by atoms with Crippen LogP contribution >= 0.6 is 27.3 Å². The zero-order valence-electron chi connectivity index (χ0n) is 8.32. The van der Waals surface area contributed by atoms with Gasteiger partial charge in [-0.25, -0.2) is 0 Å². The maximum absolute atomic E-state index is 11.8. The summed E-state index contributed by atoms with van der Waals surface area (Å²) in [5.41, 5.74) is -1.01. The first-order valence-electron chi connectivity index (χ1n) is 4.47. The predicted molar refractivity (Wildman–Crippen MR) is 59.9 cm³/mol. The lowest BCUT2D eigenvalue weighted by molar-refractivity contribution is -0.150. The number of carbonyl (C=O) groups excluding carboxylic acids is 2. The zero-order chi connectivity index (χ0) is 11.8. The van der Waals surface area contributed by atoms with Crippen molar-refractivity contribution in [3.63, 3.8) is 0 Å². The van der Waals surface area contributed by atoms with Gasteiger partial charge in [-0.1, -0.05) is 11.3 Å². The Labute approximate surface area is 104 Å². The SMILES string of the molecule is COC(=O)C1(C(=O)Nc2nnc(Br)s2)CC1. The first-order chi connectivity index (χ1) is 7.58. The number of carbonyl (C=O) groups is 2. The quantitative estimate of drug-likeness (QED) is 0.670. The third-order valence-corrected chi connectivity index (χ3v) is 3.65. The molecule has 1 heterocycles. The molecule has 0 atom stereocenters. The minimum atomic E-state index is -1.01. The highest BCUT2D eigenvalue weighted by atomic mass is 79.9. The molecular weight excluding hydrogens is 298 g/mol. The summed E-state index contributed by atoms with van der Waals surface area (Å²) in [6.45, 7) is 0. The lowest BCUT2D eigenvalue weighted by atomic mass is 10.1. The molecule has 0 aromatic carbocycles. The Morgan fingerprint density at radius 2 is 2.19 bits per heavy atom. The van der Waals surface area contributed by atoms with Crippen LogP contribution in [0.3, 0.4) is 0 Å². The van der Waals surface area contributed by atoms with Gasteiger partial charge in [0.1, 0.15) is 5.41 Å². The standard InChI is InChI=1S/C8H8BrN3O3S/c1-15-5(14)8(2-3-8)4(13)10-7-12-11-6(9)16-7/h2-3H2,1H3,(H,10,12,13). The predicted octanol–water partition coefficient (Wildman–Crippen LogP) is 1.19. The number of nitrogens with one attached hydrogen (secondary N) is 1. The third kappa shape index (κ3) is 1.94. The van der Waals surface area contributed by atoms with Gasteiger partial charge in [0.2, 0.25) is 11.0 Å². The molecule has 1 aliphatic rings. The van der Waals surface area contributed by atoms with E-state index in [0.717, 1.165) is 0 Å². The van der Waals surface area contributed by atoms with Gasteiger partial charge in [0.05, 0.1) is 7.11 Å². The van der Waals surface area contributed by atoms with E-state index in [-0.39, 0.29) is 5.91 Å². The fourth-order valence-electron chi connectivity index (χ4n) is 1.32. The van der Waals surface area contributed by atoms with E-state index in [1.165, 1.54) is 18.4 Å². The fourth-order valence-corrected chi connectivity index (χ4v) is 2.32. The zero-order valence-corrected chi connectivity index (χ0v) is 10.7. The number of ether oxygens (including phenoxy) is 1. The smallest absolute Gasteiger partial charge is 0.321 e. The lowest BCUT2D eigenvalue weighted by Gasteiger charge is -2.10. The molecule has 86 valence electrons. The monoisotopic (exact) mass is 305 g/mol. The van der Waals surface area contributed by atoms with E-state index < -0.39 is 11.4 Å². The van der Waals surface area contributed by atoms with Crippen molar-refractivity contribution < 1.29 is 14.3 Å². The summed E-state index contributed by atoms with van der Waals surface area (Å²) in [7, 11) is 1.28. The Kier molecular flexibility index (Phi) is 2.94. The van der Waals surface area contributed by atoms with Gasteiger partial charge in [0.25, 0.3) is 0 Å². The number of halogens is 1. The van der Waals surface area contributed by atoms with Crippen LogP contribution in [0.15, 0.2) is 3.92 Å². The van der Waals surface area contributed by atoms with Crippen LogP contribution < -0.4 is 5.32 Å². The van der Waals surface area contributed by atoms with Crippen molar-refractivity contribution in [2.45, 2.75) is 12.8 Å². The minimum Gasteiger partial charge on any atom is -0.468 e. The second kappa shape index (κ2) is 4.10. The van der Waals surface area contributed by atoms with Gasteiger partial charge in [0, 0.05) is 0 Å². The van der Waals surface area contributed by atoms with Crippen LogP contribution in [0.4, 0.5) is 5.13 Å². The molecule has 16 heavy (non-hydrogen) atoms. The van der Waals surface area contributed by atoms with Gasteiger partial charge >= 0.3 is 5.97 Å². The van der Waals surface area contributed by atoms with Crippen LogP contribution in [0.1, 0.15) is 12.8 Å².